The molecule has 1 rings (SSSR count). The fourth-order valence-electron chi connectivity index (χ4n) is 2.87. The Labute approximate surface area is 108 Å². The molecule has 0 amide bonds. The molecule has 0 radical (unpaired) electrons. The highest BCUT2D eigenvalue weighted by Gasteiger charge is 2.42. The van der Waals surface area contributed by atoms with E-state index in [0.29, 0.717) is 37.6 Å². The van der Waals surface area contributed by atoms with Crippen LogP contribution in [0.15, 0.2) is 12.2 Å². The Kier molecular flexibility index (Phi) is 5.70. The van der Waals surface area contributed by atoms with E-state index in [2.05, 4.69) is 11.9 Å². The molecule has 1 aliphatic carbocycles. The molecule has 0 aliphatic heterocycles. The third-order valence-corrected chi connectivity index (χ3v) is 4.06. The monoisotopic (exact) mass is 263 g/mol. The summed E-state index contributed by atoms with van der Waals surface area (Å²) in [6.45, 7) is 5.87. The first-order chi connectivity index (χ1) is 8.34. The number of hydrogen-bond acceptors (Lipinski definition) is 1. The van der Waals surface area contributed by atoms with Crippen LogP contribution in [0.4, 0.5) is 13.2 Å². The molecule has 1 unspecified atom stereocenters. The molecule has 1 N–H and O–H groups in total. The highest BCUT2D eigenvalue weighted by molar-refractivity contribution is 4.91. The third-order valence-electron chi connectivity index (χ3n) is 4.06. The minimum absolute atomic E-state index is 0.291. The average molecular weight is 263 g/mol. The van der Waals surface area contributed by atoms with Crippen molar-refractivity contribution in [1.82, 2.24) is 5.32 Å². The zero-order valence-electron chi connectivity index (χ0n) is 11.3. The lowest BCUT2D eigenvalue weighted by Crippen LogP contribution is -2.38. The van der Waals surface area contributed by atoms with E-state index < -0.39 is 12.1 Å². The minimum Gasteiger partial charge on any atom is -0.317 e. The van der Waals surface area contributed by atoms with Crippen molar-refractivity contribution < 1.29 is 13.2 Å². The van der Waals surface area contributed by atoms with E-state index in [0.717, 1.165) is 18.4 Å². The van der Waals surface area contributed by atoms with Crippen LogP contribution in [0.5, 0.6) is 0 Å². The van der Waals surface area contributed by atoms with Gasteiger partial charge in [0.25, 0.3) is 0 Å². The average Bonchev–Trinajstić information content (AvgIpc) is 2.29. The molecule has 1 atom stereocenters. The maximum absolute atomic E-state index is 12.6. The van der Waals surface area contributed by atoms with Crippen molar-refractivity contribution in [3.8, 4) is 0 Å². The number of alkyl halides is 3. The summed E-state index contributed by atoms with van der Waals surface area (Å²) in [6, 6.07) is 0.330. The van der Waals surface area contributed by atoms with Crippen molar-refractivity contribution in [2.24, 2.45) is 11.8 Å². The number of hydrogen-bond donors (Lipinski definition) is 1. The van der Waals surface area contributed by atoms with Crippen LogP contribution in [-0.4, -0.2) is 19.3 Å². The first-order valence-electron chi connectivity index (χ1n) is 6.73. The molecule has 0 spiro atoms. The van der Waals surface area contributed by atoms with Crippen molar-refractivity contribution in [2.75, 3.05) is 7.05 Å². The molecule has 1 saturated carbocycles. The molecular weight excluding hydrogens is 239 g/mol. The first kappa shape index (κ1) is 15.5. The molecular formula is C14H24F3N. The highest BCUT2D eigenvalue weighted by atomic mass is 19.4. The van der Waals surface area contributed by atoms with E-state index in [1.165, 1.54) is 0 Å². The van der Waals surface area contributed by atoms with Gasteiger partial charge in [0.15, 0.2) is 0 Å². The molecule has 1 fully saturated rings. The van der Waals surface area contributed by atoms with Crippen LogP contribution >= 0.6 is 0 Å². The van der Waals surface area contributed by atoms with E-state index in [1.54, 1.807) is 0 Å². The van der Waals surface area contributed by atoms with Gasteiger partial charge in [0.05, 0.1) is 5.92 Å². The molecule has 1 aliphatic rings. The summed E-state index contributed by atoms with van der Waals surface area (Å²) in [4.78, 5) is 0. The van der Waals surface area contributed by atoms with Crippen LogP contribution in [0.1, 0.15) is 45.4 Å². The smallest absolute Gasteiger partial charge is 0.317 e. The molecule has 0 saturated heterocycles. The maximum atomic E-state index is 12.6. The molecule has 0 aromatic carbocycles. The predicted molar refractivity (Wildman–Crippen MR) is 68.4 cm³/mol. The Morgan fingerprint density at radius 3 is 2.22 bits per heavy atom. The molecule has 1 nitrogen and oxygen atoms in total. The van der Waals surface area contributed by atoms with E-state index in [-0.39, 0.29) is 0 Å². The lowest BCUT2D eigenvalue weighted by molar-refractivity contribution is -0.184. The second-order valence-corrected chi connectivity index (χ2v) is 5.54. The van der Waals surface area contributed by atoms with Crippen molar-refractivity contribution in [3.05, 3.63) is 12.2 Å². The van der Waals surface area contributed by atoms with Gasteiger partial charge in [-0.2, -0.15) is 13.2 Å². The molecule has 0 aromatic rings. The van der Waals surface area contributed by atoms with Crippen molar-refractivity contribution in [3.63, 3.8) is 0 Å². The summed E-state index contributed by atoms with van der Waals surface area (Å²) in [5.41, 5.74) is 1.14. The van der Waals surface area contributed by atoms with Gasteiger partial charge < -0.3 is 5.32 Å². The van der Waals surface area contributed by atoms with Gasteiger partial charge >= 0.3 is 6.18 Å². The molecule has 0 heterocycles. The van der Waals surface area contributed by atoms with Crippen LogP contribution in [0, 0.1) is 11.8 Å². The number of allylic oxidation sites excluding steroid dienone is 1. The van der Waals surface area contributed by atoms with Crippen molar-refractivity contribution in [2.45, 2.75) is 57.7 Å². The van der Waals surface area contributed by atoms with E-state index in [9.17, 15) is 13.2 Å². The Morgan fingerprint density at radius 2 is 1.83 bits per heavy atom. The Balaban J connectivity index is 2.42. The summed E-state index contributed by atoms with van der Waals surface area (Å²) < 4.78 is 37.7. The second kappa shape index (κ2) is 6.60. The van der Waals surface area contributed by atoms with Crippen molar-refractivity contribution in [1.29, 1.82) is 0 Å². The molecule has 106 valence electrons. The Morgan fingerprint density at radius 1 is 1.28 bits per heavy atom. The normalized spacial score (nSPS) is 26.9. The molecule has 4 heteroatoms. The minimum atomic E-state index is -4.00. The highest BCUT2D eigenvalue weighted by Crippen LogP contribution is 2.40. The summed E-state index contributed by atoms with van der Waals surface area (Å²) in [5, 5.41) is 3.26. The van der Waals surface area contributed by atoms with Gasteiger partial charge in [0.1, 0.15) is 0 Å². The van der Waals surface area contributed by atoms with Gasteiger partial charge in [0, 0.05) is 6.04 Å². The Hall–Kier alpha value is -0.510. The summed E-state index contributed by atoms with van der Waals surface area (Å²) in [5.74, 6) is -0.694. The SMILES string of the molecule is C=C(C)CCC(NC)C1CCC(C(F)(F)F)CC1. The van der Waals surface area contributed by atoms with Crippen LogP contribution in [0.2, 0.25) is 0 Å². The van der Waals surface area contributed by atoms with Crippen LogP contribution in [-0.2, 0) is 0 Å². The second-order valence-electron chi connectivity index (χ2n) is 5.54. The fraction of sp³-hybridized carbons (Fsp3) is 0.857. The van der Waals surface area contributed by atoms with E-state index >= 15 is 0 Å². The number of nitrogens with one attached hydrogen (secondary N) is 1. The van der Waals surface area contributed by atoms with Crippen LogP contribution in [0.25, 0.3) is 0 Å². The summed E-state index contributed by atoms with van der Waals surface area (Å²) in [6.07, 6.45) is -0.119. The molecule has 0 aromatic heterocycles. The van der Waals surface area contributed by atoms with Crippen molar-refractivity contribution >= 4 is 0 Å². The number of halogens is 3. The van der Waals surface area contributed by atoms with Gasteiger partial charge in [-0.25, -0.2) is 0 Å². The van der Waals surface area contributed by atoms with Gasteiger partial charge in [-0.1, -0.05) is 5.57 Å². The quantitative estimate of drug-likeness (QED) is 0.729. The number of rotatable bonds is 5. The zero-order chi connectivity index (χ0) is 13.8. The standard InChI is InChI=1S/C14H24F3N/c1-10(2)4-9-13(18-3)11-5-7-12(8-6-11)14(15,16)17/h11-13,18H,1,4-9H2,2-3H3. The fourth-order valence-corrected chi connectivity index (χ4v) is 2.87. The zero-order valence-corrected chi connectivity index (χ0v) is 11.3. The summed E-state index contributed by atoms with van der Waals surface area (Å²) >= 11 is 0. The maximum Gasteiger partial charge on any atom is 0.391 e. The molecule has 0 bridgehead atoms. The van der Waals surface area contributed by atoms with Gasteiger partial charge in [-0.05, 0) is 58.4 Å². The Bertz CT molecular complexity index is 265. The first-order valence-corrected chi connectivity index (χ1v) is 6.73. The van der Waals surface area contributed by atoms with Gasteiger partial charge in [-0.3, -0.25) is 0 Å². The van der Waals surface area contributed by atoms with Crippen LogP contribution < -0.4 is 5.32 Å². The third kappa shape index (κ3) is 4.63. The van der Waals surface area contributed by atoms with Gasteiger partial charge in [0.2, 0.25) is 0 Å². The lowest BCUT2D eigenvalue weighted by atomic mass is 9.77. The van der Waals surface area contributed by atoms with Gasteiger partial charge in [-0.15, -0.1) is 6.58 Å². The summed E-state index contributed by atoms with van der Waals surface area (Å²) in [7, 11) is 1.90. The largest absolute Gasteiger partial charge is 0.391 e. The lowest BCUT2D eigenvalue weighted by Gasteiger charge is -2.34. The molecule has 18 heavy (non-hydrogen) atoms. The topological polar surface area (TPSA) is 12.0 Å². The van der Waals surface area contributed by atoms with E-state index in [4.69, 9.17) is 0 Å². The predicted octanol–water partition coefficient (Wildman–Crippen LogP) is 4.30. The van der Waals surface area contributed by atoms with Crippen LogP contribution in [0.3, 0.4) is 0 Å². The van der Waals surface area contributed by atoms with E-state index in [1.807, 2.05) is 14.0 Å².